The Morgan fingerprint density at radius 2 is 2.25 bits per heavy atom. The van der Waals surface area contributed by atoms with Gasteiger partial charge in [-0.2, -0.15) is 0 Å². The molecule has 0 aromatic heterocycles. The SMILES string of the molecule is CC1(C)Cc2cc(/C=C/C(=O)O)ccc2O1. The first-order valence-corrected chi connectivity index (χ1v) is 5.19. The van der Waals surface area contributed by atoms with Gasteiger partial charge in [-0.1, -0.05) is 6.07 Å². The quantitative estimate of drug-likeness (QED) is 0.776. The topological polar surface area (TPSA) is 46.5 Å². The molecule has 0 amide bonds. The summed E-state index contributed by atoms with van der Waals surface area (Å²) in [6.07, 6.45) is 3.59. The summed E-state index contributed by atoms with van der Waals surface area (Å²) in [5, 5.41) is 8.54. The number of aliphatic carboxylic acids is 1. The molecule has 0 unspecified atom stereocenters. The van der Waals surface area contributed by atoms with Crippen LogP contribution in [0.1, 0.15) is 25.0 Å². The molecule has 1 aromatic rings. The number of carboxylic acids is 1. The van der Waals surface area contributed by atoms with Gasteiger partial charge in [0, 0.05) is 12.5 Å². The fourth-order valence-corrected chi connectivity index (χ4v) is 1.90. The van der Waals surface area contributed by atoms with Crippen molar-refractivity contribution in [2.45, 2.75) is 25.9 Å². The maximum atomic E-state index is 10.4. The number of benzene rings is 1. The summed E-state index contributed by atoms with van der Waals surface area (Å²) in [6.45, 7) is 4.08. The lowest BCUT2D eigenvalue weighted by atomic mass is 10.0. The highest BCUT2D eigenvalue weighted by molar-refractivity contribution is 5.85. The van der Waals surface area contributed by atoms with Crippen LogP contribution in [0.4, 0.5) is 0 Å². The zero-order chi connectivity index (χ0) is 11.8. The highest BCUT2D eigenvalue weighted by Gasteiger charge is 2.29. The van der Waals surface area contributed by atoms with E-state index < -0.39 is 5.97 Å². The molecule has 1 aromatic carbocycles. The van der Waals surface area contributed by atoms with E-state index in [1.807, 2.05) is 32.0 Å². The molecule has 0 fully saturated rings. The van der Waals surface area contributed by atoms with Gasteiger partial charge in [0.1, 0.15) is 11.4 Å². The van der Waals surface area contributed by atoms with Gasteiger partial charge in [0.25, 0.3) is 0 Å². The summed E-state index contributed by atoms with van der Waals surface area (Å²) in [6, 6.07) is 5.73. The maximum absolute atomic E-state index is 10.4. The van der Waals surface area contributed by atoms with Gasteiger partial charge in [-0.3, -0.25) is 0 Å². The first-order chi connectivity index (χ1) is 7.46. The number of carbonyl (C=O) groups is 1. The summed E-state index contributed by atoms with van der Waals surface area (Å²) in [5.41, 5.74) is 1.87. The molecule has 1 aliphatic heterocycles. The average Bonchev–Trinajstić information content (AvgIpc) is 2.47. The molecule has 0 radical (unpaired) electrons. The Balaban J connectivity index is 2.26. The van der Waals surface area contributed by atoms with E-state index in [1.54, 1.807) is 6.08 Å². The maximum Gasteiger partial charge on any atom is 0.328 e. The minimum Gasteiger partial charge on any atom is -0.487 e. The minimum absolute atomic E-state index is 0.155. The molecule has 16 heavy (non-hydrogen) atoms. The van der Waals surface area contributed by atoms with E-state index in [9.17, 15) is 4.79 Å². The molecule has 84 valence electrons. The Labute approximate surface area is 94.4 Å². The summed E-state index contributed by atoms with van der Waals surface area (Å²) in [7, 11) is 0. The lowest BCUT2D eigenvalue weighted by Gasteiger charge is -2.16. The molecule has 0 bridgehead atoms. The molecule has 3 nitrogen and oxygen atoms in total. The fraction of sp³-hybridized carbons (Fsp3) is 0.308. The monoisotopic (exact) mass is 218 g/mol. The van der Waals surface area contributed by atoms with Gasteiger partial charge in [-0.15, -0.1) is 0 Å². The molecule has 0 spiro atoms. The Morgan fingerprint density at radius 1 is 1.50 bits per heavy atom. The van der Waals surface area contributed by atoms with Crippen LogP contribution in [-0.4, -0.2) is 16.7 Å². The van der Waals surface area contributed by atoms with E-state index in [-0.39, 0.29) is 5.60 Å². The number of hydrogen-bond acceptors (Lipinski definition) is 2. The molecule has 0 aliphatic carbocycles. The van der Waals surface area contributed by atoms with Crippen molar-refractivity contribution in [3.63, 3.8) is 0 Å². The van der Waals surface area contributed by atoms with Crippen molar-refractivity contribution >= 4 is 12.0 Å². The largest absolute Gasteiger partial charge is 0.487 e. The zero-order valence-electron chi connectivity index (χ0n) is 9.36. The van der Waals surface area contributed by atoms with Gasteiger partial charge in [0.15, 0.2) is 0 Å². The Morgan fingerprint density at radius 3 is 2.94 bits per heavy atom. The van der Waals surface area contributed by atoms with Crippen LogP contribution in [0.15, 0.2) is 24.3 Å². The lowest BCUT2D eigenvalue weighted by molar-refractivity contribution is -0.131. The van der Waals surface area contributed by atoms with Crippen LogP contribution in [0.5, 0.6) is 5.75 Å². The molecular formula is C13H14O3. The second-order valence-corrected chi connectivity index (χ2v) is 4.58. The Bertz CT molecular complexity index is 458. The van der Waals surface area contributed by atoms with Gasteiger partial charge in [-0.25, -0.2) is 4.79 Å². The van der Waals surface area contributed by atoms with E-state index in [1.165, 1.54) is 0 Å². The van der Waals surface area contributed by atoms with E-state index >= 15 is 0 Å². The van der Waals surface area contributed by atoms with Crippen molar-refractivity contribution in [1.82, 2.24) is 0 Å². The van der Waals surface area contributed by atoms with Gasteiger partial charge in [0.2, 0.25) is 0 Å². The van der Waals surface area contributed by atoms with Crippen molar-refractivity contribution in [2.75, 3.05) is 0 Å². The predicted octanol–water partition coefficient (Wildman–Crippen LogP) is 2.50. The molecule has 0 saturated heterocycles. The normalized spacial score (nSPS) is 17.1. The molecule has 1 aliphatic rings. The first kappa shape index (κ1) is 10.7. The van der Waals surface area contributed by atoms with Crippen molar-refractivity contribution in [3.05, 3.63) is 35.4 Å². The van der Waals surface area contributed by atoms with E-state index in [0.717, 1.165) is 29.4 Å². The lowest BCUT2D eigenvalue weighted by Crippen LogP contribution is -2.24. The third-order valence-corrected chi connectivity index (χ3v) is 2.51. The van der Waals surface area contributed by atoms with E-state index in [0.29, 0.717) is 0 Å². The molecule has 2 rings (SSSR count). The van der Waals surface area contributed by atoms with Gasteiger partial charge in [0.05, 0.1) is 0 Å². The smallest absolute Gasteiger partial charge is 0.328 e. The Hall–Kier alpha value is -1.77. The molecule has 0 atom stereocenters. The number of carboxylic acid groups (broad SMARTS) is 1. The summed E-state index contributed by atoms with van der Waals surface area (Å²) < 4.78 is 5.73. The molecular weight excluding hydrogens is 204 g/mol. The van der Waals surface area contributed by atoms with Gasteiger partial charge in [-0.05, 0) is 43.2 Å². The number of rotatable bonds is 2. The predicted molar refractivity (Wildman–Crippen MR) is 61.5 cm³/mol. The summed E-state index contributed by atoms with van der Waals surface area (Å²) in [4.78, 5) is 10.4. The average molecular weight is 218 g/mol. The molecule has 0 saturated carbocycles. The number of ether oxygens (including phenoxy) is 1. The second kappa shape index (κ2) is 3.67. The fourth-order valence-electron chi connectivity index (χ4n) is 1.90. The Kier molecular flexibility index (Phi) is 2.46. The van der Waals surface area contributed by atoms with E-state index in [4.69, 9.17) is 9.84 Å². The standard InChI is InChI=1S/C13H14O3/c1-13(2)8-10-7-9(4-6-12(14)15)3-5-11(10)16-13/h3-7H,8H2,1-2H3,(H,14,15)/b6-4+. The highest BCUT2D eigenvalue weighted by atomic mass is 16.5. The van der Waals surface area contributed by atoms with Crippen LogP contribution in [0.2, 0.25) is 0 Å². The van der Waals surface area contributed by atoms with Gasteiger partial charge >= 0.3 is 5.97 Å². The van der Waals surface area contributed by atoms with Crippen LogP contribution in [0, 0.1) is 0 Å². The molecule has 1 heterocycles. The number of hydrogen-bond donors (Lipinski definition) is 1. The summed E-state index contributed by atoms with van der Waals surface area (Å²) in [5.74, 6) is -0.0328. The minimum atomic E-state index is -0.933. The van der Waals surface area contributed by atoms with Crippen molar-refractivity contribution < 1.29 is 14.6 Å². The first-order valence-electron chi connectivity index (χ1n) is 5.19. The van der Waals surface area contributed by atoms with Crippen molar-refractivity contribution in [1.29, 1.82) is 0 Å². The van der Waals surface area contributed by atoms with Crippen LogP contribution in [0.25, 0.3) is 6.08 Å². The van der Waals surface area contributed by atoms with Crippen LogP contribution >= 0.6 is 0 Å². The van der Waals surface area contributed by atoms with E-state index in [2.05, 4.69) is 0 Å². The zero-order valence-corrected chi connectivity index (χ0v) is 9.36. The highest BCUT2D eigenvalue weighted by Crippen LogP contribution is 2.35. The van der Waals surface area contributed by atoms with Crippen LogP contribution in [0.3, 0.4) is 0 Å². The van der Waals surface area contributed by atoms with Crippen molar-refractivity contribution in [2.24, 2.45) is 0 Å². The third kappa shape index (κ3) is 2.24. The van der Waals surface area contributed by atoms with Gasteiger partial charge < -0.3 is 9.84 Å². The second-order valence-electron chi connectivity index (χ2n) is 4.58. The summed E-state index contributed by atoms with van der Waals surface area (Å²) >= 11 is 0. The molecule has 1 N–H and O–H groups in total. The van der Waals surface area contributed by atoms with Crippen molar-refractivity contribution in [3.8, 4) is 5.75 Å². The number of fused-ring (bicyclic) bond motifs is 1. The van der Waals surface area contributed by atoms with Crippen LogP contribution < -0.4 is 4.74 Å². The molecule has 3 heteroatoms. The van der Waals surface area contributed by atoms with Crippen LogP contribution in [-0.2, 0) is 11.2 Å². The third-order valence-electron chi connectivity index (χ3n) is 2.51.